The van der Waals surface area contributed by atoms with Crippen LogP contribution in [0.2, 0.25) is 0 Å². The number of rotatable bonds is 7. The zero-order chi connectivity index (χ0) is 19.2. The Morgan fingerprint density at radius 3 is 2.30 bits per heavy atom. The first kappa shape index (κ1) is 19.6. The van der Waals surface area contributed by atoms with Gasteiger partial charge in [-0.25, -0.2) is 4.39 Å². The van der Waals surface area contributed by atoms with Crippen LogP contribution in [-0.4, -0.2) is 55.4 Å². The van der Waals surface area contributed by atoms with Gasteiger partial charge >= 0.3 is 0 Å². The minimum absolute atomic E-state index is 0.178. The van der Waals surface area contributed by atoms with Crippen LogP contribution >= 0.6 is 0 Å². The summed E-state index contributed by atoms with van der Waals surface area (Å²) in [6.45, 7) is 8.26. The Labute approximate surface area is 161 Å². The first-order valence-electron chi connectivity index (χ1n) is 9.65. The molecule has 5 heteroatoms. The molecule has 1 aliphatic heterocycles. The van der Waals surface area contributed by atoms with Crippen LogP contribution in [0.4, 0.5) is 10.1 Å². The molecule has 0 amide bonds. The number of ether oxygens (including phenoxy) is 1. The number of piperazine rings is 1. The van der Waals surface area contributed by atoms with E-state index in [0.717, 1.165) is 31.9 Å². The van der Waals surface area contributed by atoms with Gasteiger partial charge in [-0.3, -0.25) is 4.90 Å². The van der Waals surface area contributed by atoms with Crippen LogP contribution in [0.5, 0.6) is 5.75 Å². The van der Waals surface area contributed by atoms with Crippen LogP contribution < -0.4 is 9.64 Å². The number of anilines is 1. The fraction of sp³-hybridized carbons (Fsp3) is 0.455. The maximum Gasteiger partial charge on any atom is 0.146 e. The van der Waals surface area contributed by atoms with Crippen molar-refractivity contribution in [2.45, 2.75) is 25.9 Å². The van der Waals surface area contributed by atoms with E-state index in [1.807, 2.05) is 24.3 Å². The lowest BCUT2D eigenvalue weighted by Crippen LogP contribution is -2.49. The molecule has 2 aromatic carbocycles. The molecule has 1 aliphatic rings. The Balaban J connectivity index is 1.41. The highest BCUT2D eigenvalue weighted by atomic mass is 19.1. The number of nitrogens with zero attached hydrogens (tertiary/aromatic N) is 2. The van der Waals surface area contributed by atoms with Crippen molar-refractivity contribution in [1.29, 1.82) is 0 Å². The van der Waals surface area contributed by atoms with Crippen molar-refractivity contribution in [2.75, 3.05) is 44.2 Å². The van der Waals surface area contributed by atoms with Crippen molar-refractivity contribution >= 4 is 5.69 Å². The summed E-state index contributed by atoms with van der Waals surface area (Å²) in [6, 6.07) is 14.9. The molecule has 27 heavy (non-hydrogen) atoms. The maximum atomic E-state index is 13.9. The standard InChI is InChI=1S/C22H29FN2O2/c1-17(2)18-7-9-20(10-8-18)27-16-19(26)15-24-11-13-25(14-12-24)22-6-4-3-5-21(22)23/h3-10,17,19,26H,11-16H2,1-2H3/t19-/m0/s1. The summed E-state index contributed by atoms with van der Waals surface area (Å²) in [5, 5.41) is 10.3. The van der Waals surface area contributed by atoms with Gasteiger partial charge in [0.15, 0.2) is 0 Å². The molecule has 1 heterocycles. The van der Waals surface area contributed by atoms with Gasteiger partial charge in [0.25, 0.3) is 0 Å². The number of benzene rings is 2. The lowest BCUT2D eigenvalue weighted by molar-refractivity contribution is 0.0662. The molecular weight excluding hydrogens is 343 g/mol. The highest BCUT2D eigenvalue weighted by Gasteiger charge is 2.21. The predicted octanol–water partition coefficient (Wildman–Crippen LogP) is 3.51. The fourth-order valence-corrected chi connectivity index (χ4v) is 3.37. The minimum Gasteiger partial charge on any atom is -0.491 e. The highest BCUT2D eigenvalue weighted by Crippen LogP contribution is 2.21. The van der Waals surface area contributed by atoms with E-state index in [1.54, 1.807) is 6.07 Å². The van der Waals surface area contributed by atoms with Crippen LogP contribution in [0, 0.1) is 5.82 Å². The molecule has 0 bridgehead atoms. The van der Waals surface area contributed by atoms with Gasteiger partial charge in [0.1, 0.15) is 24.3 Å². The maximum absolute atomic E-state index is 13.9. The van der Waals surface area contributed by atoms with E-state index in [-0.39, 0.29) is 12.4 Å². The van der Waals surface area contributed by atoms with Crippen LogP contribution in [0.25, 0.3) is 0 Å². The second-order valence-corrected chi connectivity index (χ2v) is 7.43. The molecule has 0 spiro atoms. The smallest absolute Gasteiger partial charge is 0.146 e. The summed E-state index contributed by atoms with van der Waals surface area (Å²) in [5.41, 5.74) is 1.93. The highest BCUT2D eigenvalue weighted by molar-refractivity contribution is 5.48. The zero-order valence-corrected chi connectivity index (χ0v) is 16.1. The molecule has 146 valence electrons. The molecule has 0 saturated carbocycles. The van der Waals surface area contributed by atoms with Crippen LogP contribution in [0.3, 0.4) is 0 Å². The van der Waals surface area contributed by atoms with Gasteiger partial charge in [-0.05, 0) is 35.7 Å². The molecule has 0 radical (unpaired) electrons. The third kappa shape index (κ3) is 5.44. The quantitative estimate of drug-likeness (QED) is 0.807. The normalized spacial score (nSPS) is 16.6. The van der Waals surface area contributed by atoms with Crippen LogP contribution in [0.1, 0.15) is 25.3 Å². The van der Waals surface area contributed by atoms with Gasteiger partial charge in [0.2, 0.25) is 0 Å². The molecule has 1 atom stereocenters. The summed E-state index contributed by atoms with van der Waals surface area (Å²) in [5.74, 6) is 1.10. The van der Waals surface area contributed by atoms with E-state index in [9.17, 15) is 9.50 Å². The van der Waals surface area contributed by atoms with Crippen molar-refractivity contribution < 1.29 is 14.2 Å². The van der Waals surface area contributed by atoms with E-state index in [2.05, 4.69) is 35.8 Å². The largest absolute Gasteiger partial charge is 0.491 e. The van der Waals surface area contributed by atoms with E-state index < -0.39 is 6.10 Å². The van der Waals surface area contributed by atoms with Crippen molar-refractivity contribution in [3.63, 3.8) is 0 Å². The zero-order valence-electron chi connectivity index (χ0n) is 16.1. The number of halogens is 1. The molecular formula is C22H29FN2O2. The number of hydrogen-bond donors (Lipinski definition) is 1. The number of aliphatic hydroxyl groups is 1. The van der Waals surface area contributed by atoms with Gasteiger partial charge in [0.05, 0.1) is 5.69 Å². The Morgan fingerprint density at radius 2 is 1.67 bits per heavy atom. The second kappa shape index (κ2) is 9.20. The summed E-state index contributed by atoms with van der Waals surface area (Å²) in [6.07, 6.45) is -0.546. The minimum atomic E-state index is -0.546. The van der Waals surface area contributed by atoms with E-state index >= 15 is 0 Å². The predicted molar refractivity (Wildman–Crippen MR) is 107 cm³/mol. The average molecular weight is 372 g/mol. The van der Waals surface area contributed by atoms with Gasteiger partial charge in [0, 0.05) is 32.7 Å². The molecule has 0 aromatic heterocycles. The van der Waals surface area contributed by atoms with Gasteiger partial charge in [-0.2, -0.15) is 0 Å². The third-order valence-corrected chi connectivity index (χ3v) is 5.02. The molecule has 1 saturated heterocycles. The lowest BCUT2D eigenvalue weighted by Gasteiger charge is -2.36. The van der Waals surface area contributed by atoms with Crippen LogP contribution in [-0.2, 0) is 0 Å². The van der Waals surface area contributed by atoms with Crippen molar-refractivity contribution in [3.05, 3.63) is 59.9 Å². The monoisotopic (exact) mass is 372 g/mol. The molecule has 2 aromatic rings. The van der Waals surface area contributed by atoms with Crippen molar-refractivity contribution in [3.8, 4) is 5.75 Å². The van der Waals surface area contributed by atoms with E-state index in [0.29, 0.717) is 18.2 Å². The molecule has 1 N–H and O–H groups in total. The number of β-amino-alcohol motifs (C(OH)–C–C–N with tert-alkyl or cyclic N) is 1. The van der Waals surface area contributed by atoms with E-state index in [4.69, 9.17) is 4.74 Å². The van der Waals surface area contributed by atoms with Gasteiger partial charge < -0.3 is 14.7 Å². The summed E-state index contributed by atoms with van der Waals surface area (Å²) >= 11 is 0. The molecule has 0 unspecified atom stereocenters. The summed E-state index contributed by atoms with van der Waals surface area (Å²) in [4.78, 5) is 4.26. The number of aliphatic hydroxyl groups excluding tert-OH is 1. The molecule has 4 nitrogen and oxygen atoms in total. The fourth-order valence-electron chi connectivity index (χ4n) is 3.37. The summed E-state index contributed by atoms with van der Waals surface area (Å²) in [7, 11) is 0. The Hall–Kier alpha value is -2.11. The van der Waals surface area contributed by atoms with Crippen LogP contribution in [0.15, 0.2) is 48.5 Å². The SMILES string of the molecule is CC(C)c1ccc(OC[C@@H](O)CN2CCN(c3ccccc3F)CC2)cc1. The lowest BCUT2D eigenvalue weighted by atomic mass is 10.0. The Kier molecular flexibility index (Phi) is 6.69. The molecule has 3 rings (SSSR count). The molecule has 0 aliphatic carbocycles. The summed E-state index contributed by atoms with van der Waals surface area (Å²) < 4.78 is 19.6. The van der Waals surface area contributed by atoms with Crippen molar-refractivity contribution in [1.82, 2.24) is 4.90 Å². The second-order valence-electron chi connectivity index (χ2n) is 7.43. The Bertz CT molecular complexity index is 713. The van der Waals surface area contributed by atoms with Gasteiger partial charge in [-0.15, -0.1) is 0 Å². The molecule has 1 fully saturated rings. The first-order valence-corrected chi connectivity index (χ1v) is 9.65. The third-order valence-electron chi connectivity index (χ3n) is 5.02. The van der Waals surface area contributed by atoms with E-state index in [1.165, 1.54) is 11.6 Å². The van der Waals surface area contributed by atoms with Crippen molar-refractivity contribution in [2.24, 2.45) is 0 Å². The number of para-hydroxylation sites is 1. The number of hydrogen-bond acceptors (Lipinski definition) is 4. The Morgan fingerprint density at radius 1 is 1.00 bits per heavy atom. The van der Waals surface area contributed by atoms with Gasteiger partial charge in [-0.1, -0.05) is 38.1 Å². The first-order chi connectivity index (χ1) is 13.0. The average Bonchev–Trinajstić information content (AvgIpc) is 2.68. The topological polar surface area (TPSA) is 35.9 Å².